The van der Waals surface area contributed by atoms with Gasteiger partial charge in [0.05, 0.1) is 5.25 Å². The van der Waals surface area contributed by atoms with Gasteiger partial charge in [0.25, 0.3) is 0 Å². The molecule has 102 valence electrons. The highest BCUT2D eigenvalue weighted by atomic mass is 32.2. The van der Waals surface area contributed by atoms with Crippen molar-refractivity contribution in [3.8, 4) is 0 Å². The van der Waals surface area contributed by atoms with E-state index < -0.39 is 15.3 Å². The molecule has 0 saturated carbocycles. The van der Waals surface area contributed by atoms with Gasteiger partial charge in [0.2, 0.25) is 10.0 Å². The number of nitrogens with one attached hydrogen (secondary N) is 1. The fourth-order valence-electron chi connectivity index (χ4n) is 1.57. The van der Waals surface area contributed by atoms with Gasteiger partial charge in [-0.3, -0.25) is 0 Å². The summed E-state index contributed by atoms with van der Waals surface area (Å²) < 4.78 is 26.1. The average Bonchev–Trinajstić information content (AvgIpc) is 2.27. The van der Waals surface area contributed by atoms with Crippen LogP contribution in [0.4, 0.5) is 0 Å². The van der Waals surface area contributed by atoms with E-state index in [9.17, 15) is 8.42 Å². The third-order valence-corrected chi connectivity index (χ3v) is 4.48. The molecule has 0 aliphatic heterocycles. The van der Waals surface area contributed by atoms with E-state index in [4.69, 9.17) is 0 Å². The topological polar surface area (TPSA) is 49.4 Å². The predicted molar refractivity (Wildman–Crippen MR) is 74.7 cm³/mol. The van der Waals surface area contributed by atoms with Crippen LogP contribution in [0.1, 0.15) is 25.0 Å². The molecule has 18 heavy (non-hydrogen) atoms. The molecule has 0 bridgehead atoms. The number of hydrogen-bond acceptors (Lipinski definition) is 3. The molecule has 0 fully saturated rings. The van der Waals surface area contributed by atoms with Crippen molar-refractivity contribution in [1.82, 2.24) is 9.62 Å². The molecular formula is C13H22N2O2S. The van der Waals surface area contributed by atoms with Crippen LogP contribution >= 0.6 is 0 Å². The van der Waals surface area contributed by atoms with Crippen molar-refractivity contribution >= 4 is 10.0 Å². The molecule has 0 amide bonds. The highest BCUT2D eigenvalue weighted by molar-refractivity contribution is 7.90. The first kappa shape index (κ1) is 15.1. The van der Waals surface area contributed by atoms with Crippen molar-refractivity contribution in [2.45, 2.75) is 32.2 Å². The molecule has 0 aliphatic rings. The fraction of sp³-hybridized carbons (Fsp3) is 0.538. The molecule has 1 aromatic rings. The van der Waals surface area contributed by atoms with Gasteiger partial charge in [-0.05, 0) is 39.1 Å². The van der Waals surface area contributed by atoms with Gasteiger partial charge in [-0.15, -0.1) is 0 Å². The lowest BCUT2D eigenvalue weighted by Crippen LogP contribution is -2.30. The minimum Gasteiger partial charge on any atom is -0.305 e. The Bertz CT molecular complexity index is 482. The zero-order valence-corrected chi connectivity index (χ0v) is 12.3. The van der Waals surface area contributed by atoms with Gasteiger partial charge < -0.3 is 4.90 Å². The largest absolute Gasteiger partial charge is 0.305 e. The highest BCUT2D eigenvalue weighted by Gasteiger charge is 2.15. The van der Waals surface area contributed by atoms with Gasteiger partial charge in [0.1, 0.15) is 0 Å². The van der Waals surface area contributed by atoms with Crippen molar-refractivity contribution in [2.75, 3.05) is 14.1 Å². The molecule has 0 radical (unpaired) electrons. The van der Waals surface area contributed by atoms with E-state index in [0.29, 0.717) is 6.54 Å². The van der Waals surface area contributed by atoms with Gasteiger partial charge in [-0.2, -0.15) is 0 Å². The molecule has 0 aromatic heterocycles. The van der Waals surface area contributed by atoms with E-state index in [1.165, 1.54) is 0 Å². The zero-order valence-electron chi connectivity index (χ0n) is 11.5. The quantitative estimate of drug-likeness (QED) is 0.854. The molecule has 1 aromatic carbocycles. The predicted octanol–water partition coefficient (Wildman–Crippen LogP) is 1.58. The normalized spacial score (nSPS) is 12.3. The average molecular weight is 270 g/mol. The maximum absolute atomic E-state index is 11.7. The molecule has 0 heterocycles. The first-order valence-corrected chi connectivity index (χ1v) is 7.57. The summed E-state index contributed by atoms with van der Waals surface area (Å²) in [5, 5.41) is -0.404. The van der Waals surface area contributed by atoms with Crippen LogP contribution in [0.5, 0.6) is 0 Å². The van der Waals surface area contributed by atoms with Crippen molar-refractivity contribution in [3.63, 3.8) is 0 Å². The van der Waals surface area contributed by atoms with Crippen molar-refractivity contribution in [3.05, 3.63) is 35.4 Å². The molecule has 0 atom stereocenters. The van der Waals surface area contributed by atoms with Crippen molar-refractivity contribution < 1.29 is 8.42 Å². The number of rotatable bonds is 6. The van der Waals surface area contributed by atoms with Gasteiger partial charge in [-0.25, -0.2) is 13.1 Å². The van der Waals surface area contributed by atoms with E-state index >= 15 is 0 Å². The van der Waals surface area contributed by atoms with E-state index in [0.717, 1.165) is 17.7 Å². The van der Waals surface area contributed by atoms with E-state index in [1.807, 2.05) is 38.4 Å². The number of benzene rings is 1. The third kappa shape index (κ3) is 4.40. The Kier molecular flexibility index (Phi) is 5.31. The standard InChI is InChI=1S/C13H22N2O2S/c1-11(2)18(16,17)14-9-12-7-5-6-8-13(12)10-15(3)4/h5-8,11,14H,9-10H2,1-4H3. The summed E-state index contributed by atoms with van der Waals surface area (Å²) in [7, 11) is 0.785. The summed E-state index contributed by atoms with van der Waals surface area (Å²) in [5.41, 5.74) is 2.17. The van der Waals surface area contributed by atoms with Gasteiger partial charge in [-0.1, -0.05) is 24.3 Å². The lowest BCUT2D eigenvalue weighted by Gasteiger charge is -2.15. The molecule has 1 N–H and O–H groups in total. The van der Waals surface area contributed by atoms with Crippen LogP contribution in [-0.2, 0) is 23.1 Å². The Hall–Kier alpha value is -0.910. The zero-order chi connectivity index (χ0) is 13.8. The molecule has 4 nitrogen and oxygen atoms in total. The summed E-state index contributed by atoms with van der Waals surface area (Å²) in [6.45, 7) is 4.51. The van der Waals surface area contributed by atoms with Gasteiger partial charge >= 0.3 is 0 Å². The van der Waals surface area contributed by atoms with Crippen LogP contribution < -0.4 is 4.72 Å². The summed E-state index contributed by atoms with van der Waals surface area (Å²) in [5.74, 6) is 0. The molecule has 0 aliphatic carbocycles. The van der Waals surface area contributed by atoms with Crippen LogP contribution in [0.2, 0.25) is 0 Å². The lowest BCUT2D eigenvalue weighted by atomic mass is 10.1. The number of nitrogens with zero attached hydrogens (tertiary/aromatic N) is 1. The van der Waals surface area contributed by atoms with E-state index in [2.05, 4.69) is 9.62 Å². The third-order valence-electron chi connectivity index (χ3n) is 2.69. The Morgan fingerprint density at radius 1 is 1.17 bits per heavy atom. The lowest BCUT2D eigenvalue weighted by molar-refractivity contribution is 0.400. The van der Waals surface area contributed by atoms with E-state index in [1.54, 1.807) is 13.8 Å². The van der Waals surface area contributed by atoms with E-state index in [-0.39, 0.29) is 0 Å². The number of hydrogen-bond donors (Lipinski definition) is 1. The van der Waals surface area contributed by atoms with Crippen molar-refractivity contribution in [2.24, 2.45) is 0 Å². The van der Waals surface area contributed by atoms with Crippen LogP contribution in [-0.4, -0.2) is 32.7 Å². The van der Waals surface area contributed by atoms with Crippen LogP contribution in [0.3, 0.4) is 0 Å². The molecule has 0 unspecified atom stereocenters. The summed E-state index contributed by atoms with van der Waals surface area (Å²) in [6.07, 6.45) is 0. The molecule has 0 saturated heterocycles. The van der Waals surface area contributed by atoms with Crippen LogP contribution in [0.25, 0.3) is 0 Å². The Morgan fingerprint density at radius 3 is 2.22 bits per heavy atom. The Balaban J connectivity index is 2.79. The summed E-state index contributed by atoms with van der Waals surface area (Å²) in [6, 6.07) is 7.89. The SMILES string of the molecule is CC(C)S(=O)(=O)NCc1ccccc1CN(C)C. The Labute approximate surface area is 110 Å². The van der Waals surface area contributed by atoms with Gasteiger partial charge in [0.15, 0.2) is 0 Å². The molecular weight excluding hydrogens is 248 g/mol. The second-order valence-corrected chi connectivity index (χ2v) is 7.24. The Morgan fingerprint density at radius 2 is 1.72 bits per heavy atom. The molecule has 1 rings (SSSR count). The minimum absolute atomic E-state index is 0.352. The van der Waals surface area contributed by atoms with Crippen LogP contribution in [0.15, 0.2) is 24.3 Å². The van der Waals surface area contributed by atoms with Crippen molar-refractivity contribution in [1.29, 1.82) is 0 Å². The molecule has 5 heteroatoms. The first-order chi connectivity index (χ1) is 8.33. The first-order valence-electron chi connectivity index (χ1n) is 6.03. The van der Waals surface area contributed by atoms with Crippen LogP contribution in [0, 0.1) is 0 Å². The highest BCUT2D eigenvalue weighted by Crippen LogP contribution is 2.11. The fourth-order valence-corrected chi connectivity index (χ4v) is 2.26. The summed E-state index contributed by atoms with van der Waals surface area (Å²) >= 11 is 0. The monoisotopic (exact) mass is 270 g/mol. The maximum atomic E-state index is 11.7. The second-order valence-electron chi connectivity index (χ2n) is 4.92. The number of sulfonamides is 1. The second kappa shape index (κ2) is 6.31. The van der Waals surface area contributed by atoms with Gasteiger partial charge in [0, 0.05) is 13.1 Å². The minimum atomic E-state index is -3.21. The smallest absolute Gasteiger partial charge is 0.214 e. The molecule has 0 spiro atoms. The maximum Gasteiger partial charge on any atom is 0.214 e. The summed E-state index contributed by atoms with van der Waals surface area (Å²) in [4.78, 5) is 2.07.